The first kappa shape index (κ1) is 11.2. The fraction of sp³-hybridized carbons (Fsp3) is 0.286. The third-order valence-electron chi connectivity index (χ3n) is 2.93. The van der Waals surface area contributed by atoms with Crippen molar-refractivity contribution in [2.75, 3.05) is 5.32 Å². The summed E-state index contributed by atoms with van der Waals surface area (Å²) in [5.74, 6) is 0. The lowest BCUT2D eigenvalue weighted by molar-refractivity contribution is 0.890. The summed E-state index contributed by atoms with van der Waals surface area (Å²) in [5.41, 5.74) is 5.22. The summed E-state index contributed by atoms with van der Waals surface area (Å²) >= 11 is 1.74. The minimum atomic E-state index is 0.369. The van der Waals surface area contributed by atoms with Crippen LogP contribution in [-0.2, 0) is 0 Å². The monoisotopic (exact) mass is 231 g/mol. The molecule has 0 saturated heterocycles. The molecule has 0 bridgehead atoms. The van der Waals surface area contributed by atoms with E-state index in [2.05, 4.69) is 61.1 Å². The van der Waals surface area contributed by atoms with Gasteiger partial charge in [0.15, 0.2) is 0 Å². The first-order chi connectivity index (χ1) is 7.66. The second-order valence-corrected chi connectivity index (χ2v) is 5.00. The molecule has 1 aromatic heterocycles. The number of rotatable bonds is 3. The Labute approximate surface area is 101 Å². The SMILES string of the molecule is Cc1ccc(NC(C)c2ccsc2)cc1C. The fourth-order valence-corrected chi connectivity index (χ4v) is 2.44. The van der Waals surface area contributed by atoms with E-state index in [1.807, 2.05) is 0 Å². The van der Waals surface area contributed by atoms with E-state index >= 15 is 0 Å². The summed E-state index contributed by atoms with van der Waals surface area (Å²) in [6, 6.07) is 9.05. The van der Waals surface area contributed by atoms with Crippen LogP contribution in [0.5, 0.6) is 0 Å². The van der Waals surface area contributed by atoms with Crippen LogP contribution in [0.2, 0.25) is 0 Å². The van der Waals surface area contributed by atoms with Crippen molar-refractivity contribution in [1.82, 2.24) is 0 Å². The van der Waals surface area contributed by atoms with Gasteiger partial charge in [-0.15, -0.1) is 0 Å². The van der Waals surface area contributed by atoms with Gasteiger partial charge in [0.05, 0.1) is 0 Å². The molecule has 1 unspecified atom stereocenters. The van der Waals surface area contributed by atoms with Crippen LogP contribution in [-0.4, -0.2) is 0 Å². The Morgan fingerprint density at radius 1 is 1.12 bits per heavy atom. The second-order valence-electron chi connectivity index (χ2n) is 4.22. The van der Waals surface area contributed by atoms with Gasteiger partial charge >= 0.3 is 0 Å². The Morgan fingerprint density at radius 2 is 1.94 bits per heavy atom. The van der Waals surface area contributed by atoms with Crippen molar-refractivity contribution >= 4 is 17.0 Å². The van der Waals surface area contributed by atoms with E-state index < -0.39 is 0 Å². The maximum Gasteiger partial charge on any atom is 0.0493 e. The molecule has 0 aliphatic heterocycles. The minimum absolute atomic E-state index is 0.369. The van der Waals surface area contributed by atoms with E-state index in [1.54, 1.807) is 11.3 Å². The van der Waals surface area contributed by atoms with Crippen molar-refractivity contribution in [3.05, 3.63) is 51.7 Å². The molecule has 1 heterocycles. The number of aryl methyl sites for hydroxylation is 2. The highest BCUT2D eigenvalue weighted by Crippen LogP contribution is 2.22. The van der Waals surface area contributed by atoms with Crippen LogP contribution in [0, 0.1) is 13.8 Å². The average Bonchev–Trinajstić information content (AvgIpc) is 2.77. The van der Waals surface area contributed by atoms with Gasteiger partial charge in [0, 0.05) is 11.7 Å². The highest BCUT2D eigenvalue weighted by molar-refractivity contribution is 7.07. The molecule has 0 radical (unpaired) electrons. The van der Waals surface area contributed by atoms with E-state index in [1.165, 1.54) is 22.4 Å². The second kappa shape index (κ2) is 4.71. The van der Waals surface area contributed by atoms with E-state index in [9.17, 15) is 0 Å². The summed E-state index contributed by atoms with van der Waals surface area (Å²) in [7, 11) is 0. The van der Waals surface area contributed by atoms with Crippen molar-refractivity contribution in [2.24, 2.45) is 0 Å². The number of hydrogen-bond acceptors (Lipinski definition) is 2. The third-order valence-corrected chi connectivity index (χ3v) is 3.63. The standard InChI is InChI=1S/C14H17NS/c1-10-4-5-14(8-11(10)2)15-12(3)13-6-7-16-9-13/h4-9,12,15H,1-3H3. The molecule has 1 nitrogen and oxygen atoms in total. The Balaban J connectivity index is 2.12. The molecule has 84 valence electrons. The van der Waals surface area contributed by atoms with Gasteiger partial charge in [-0.25, -0.2) is 0 Å². The molecule has 1 N–H and O–H groups in total. The highest BCUT2D eigenvalue weighted by Gasteiger charge is 2.05. The van der Waals surface area contributed by atoms with Crippen LogP contribution in [0.3, 0.4) is 0 Å². The normalized spacial score (nSPS) is 12.4. The summed E-state index contributed by atoms with van der Waals surface area (Å²) in [6.07, 6.45) is 0. The molecule has 1 atom stereocenters. The molecule has 0 fully saturated rings. The Kier molecular flexibility index (Phi) is 3.30. The van der Waals surface area contributed by atoms with Gasteiger partial charge in [-0.05, 0) is 66.4 Å². The highest BCUT2D eigenvalue weighted by atomic mass is 32.1. The molecule has 2 heteroatoms. The van der Waals surface area contributed by atoms with Gasteiger partial charge in [0.25, 0.3) is 0 Å². The summed E-state index contributed by atoms with van der Waals surface area (Å²) in [4.78, 5) is 0. The number of hydrogen-bond donors (Lipinski definition) is 1. The average molecular weight is 231 g/mol. The molecule has 0 spiro atoms. The van der Waals surface area contributed by atoms with Crippen LogP contribution in [0.15, 0.2) is 35.0 Å². The van der Waals surface area contributed by atoms with Crippen molar-refractivity contribution in [3.8, 4) is 0 Å². The van der Waals surface area contributed by atoms with Gasteiger partial charge in [-0.1, -0.05) is 6.07 Å². The molecular formula is C14H17NS. The van der Waals surface area contributed by atoms with Crippen LogP contribution in [0.25, 0.3) is 0 Å². The third kappa shape index (κ3) is 2.45. The van der Waals surface area contributed by atoms with Crippen LogP contribution >= 0.6 is 11.3 Å². The van der Waals surface area contributed by atoms with Crippen LogP contribution < -0.4 is 5.32 Å². The number of nitrogens with one attached hydrogen (secondary N) is 1. The maximum absolute atomic E-state index is 3.52. The zero-order valence-corrected chi connectivity index (χ0v) is 10.8. The van der Waals surface area contributed by atoms with E-state index in [0.717, 1.165) is 0 Å². The molecule has 0 aliphatic rings. The predicted molar refractivity (Wildman–Crippen MR) is 72.3 cm³/mol. The summed E-state index contributed by atoms with van der Waals surface area (Å²) in [6.45, 7) is 6.48. The first-order valence-corrected chi connectivity index (χ1v) is 6.47. The Morgan fingerprint density at radius 3 is 2.56 bits per heavy atom. The molecule has 16 heavy (non-hydrogen) atoms. The minimum Gasteiger partial charge on any atom is -0.378 e. The molecule has 0 saturated carbocycles. The van der Waals surface area contributed by atoms with Crippen LogP contribution in [0.4, 0.5) is 5.69 Å². The molecule has 0 aliphatic carbocycles. The van der Waals surface area contributed by atoms with E-state index in [-0.39, 0.29) is 0 Å². The molecule has 2 aromatic rings. The van der Waals surface area contributed by atoms with Crippen molar-refractivity contribution in [1.29, 1.82) is 0 Å². The van der Waals surface area contributed by atoms with Crippen molar-refractivity contribution < 1.29 is 0 Å². The number of thiophene rings is 1. The zero-order valence-electron chi connectivity index (χ0n) is 9.95. The summed E-state index contributed by atoms with van der Waals surface area (Å²) < 4.78 is 0. The van der Waals surface area contributed by atoms with E-state index in [0.29, 0.717) is 6.04 Å². The lowest BCUT2D eigenvalue weighted by Crippen LogP contribution is -2.05. The van der Waals surface area contributed by atoms with Crippen molar-refractivity contribution in [2.45, 2.75) is 26.8 Å². The van der Waals surface area contributed by atoms with Gasteiger partial charge in [0.1, 0.15) is 0 Å². The van der Waals surface area contributed by atoms with Gasteiger partial charge in [-0.3, -0.25) is 0 Å². The smallest absolute Gasteiger partial charge is 0.0493 e. The Hall–Kier alpha value is -1.28. The molecule has 2 rings (SSSR count). The van der Waals surface area contributed by atoms with Gasteiger partial charge < -0.3 is 5.32 Å². The number of benzene rings is 1. The Bertz CT molecular complexity index is 460. The molecular weight excluding hydrogens is 214 g/mol. The topological polar surface area (TPSA) is 12.0 Å². The summed E-state index contributed by atoms with van der Waals surface area (Å²) in [5, 5.41) is 7.83. The van der Waals surface area contributed by atoms with Gasteiger partial charge in [-0.2, -0.15) is 11.3 Å². The van der Waals surface area contributed by atoms with E-state index in [4.69, 9.17) is 0 Å². The lowest BCUT2D eigenvalue weighted by atomic mass is 10.1. The fourth-order valence-electron chi connectivity index (χ4n) is 1.69. The van der Waals surface area contributed by atoms with Crippen molar-refractivity contribution in [3.63, 3.8) is 0 Å². The maximum atomic E-state index is 3.52. The van der Waals surface area contributed by atoms with Gasteiger partial charge in [0.2, 0.25) is 0 Å². The lowest BCUT2D eigenvalue weighted by Gasteiger charge is -2.15. The number of anilines is 1. The zero-order chi connectivity index (χ0) is 11.5. The molecule has 1 aromatic carbocycles. The predicted octanol–water partition coefficient (Wildman–Crippen LogP) is 4.54. The first-order valence-electron chi connectivity index (χ1n) is 5.52. The largest absolute Gasteiger partial charge is 0.378 e. The molecule has 0 amide bonds. The van der Waals surface area contributed by atoms with Crippen LogP contribution in [0.1, 0.15) is 29.7 Å². The quantitative estimate of drug-likeness (QED) is 0.818.